The molecule has 12 heavy (non-hydrogen) atoms. The zero-order valence-electron chi connectivity index (χ0n) is 8.30. The Labute approximate surface area is 75.7 Å². The molecule has 0 bridgehead atoms. The molecule has 0 amide bonds. The van der Waals surface area contributed by atoms with E-state index in [0.717, 1.165) is 17.7 Å². The van der Waals surface area contributed by atoms with Crippen LogP contribution in [0.1, 0.15) is 27.2 Å². The van der Waals surface area contributed by atoms with Gasteiger partial charge >= 0.3 is 0 Å². The van der Waals surface area contributed by atoms with Crippen LogP contribution in [0.4, 0.5) is 0 Å². The minimum Gasteiger partial charge on any atom is -0.402 e. The van der Waals surface area contributed by atoms with E-state index in [9.17, 15) is 0 Å². The molecule has 1 atom stereocenters. The van der Waals surface area contributed by atoms with E-state index in [0.29, 0.717) is 5.92 Å². The summed E-state index contributed by atoms with van der Waals surface area (Å²) in [7, 11) is 0. The summed E-state index contributed by atoms with van der Waals surface area (Å²) in [6.07, 6.45) is 6.98. The molecule has 0 aromatic rings. The van der Waals surface area contributed by atoms with Crippen molar-refractivity contribution in [1.29, 1.82) is 0 Å². The van der Waals surface area contributed by atoms with Crippen LogP contribution in [0.25, 0.3) is 0 Å². The van der Waals surface area contributed by atoms with Gasteiger partial charge in [0.1, 0.15) is 0 Å². The first-order chi connectivity index (χ1) is 5.57. The van der Waals surface area contributed by atoms with Crippen LogP contribution in [0, 0.1) is 5.92 Å². The normalized spacial score (nSPS) is 15.1. The van der Waals surface area contributed by atoms with E-state index in [1.54, 1.807) is 0 Å². The summed E-state index contributed by atoms with van der Waals surface area (Å²) in [6, 6.07) is 0. The van der Waals surface area contributed by atoms with Gasteiger partial charge in [0.05, 0.1) is 0 Å². The lowest BCUT2D eigenvalue weighted by molar-refractivity contribution is 0.673. The molecule has 0 aromatic carbocycles. The Morgan fingerprint density at radius 2 is 2.17 bits per heavy atom. The SMILES string of the molecule is C=C(/C=C\C=C(/C)N)C(C)CC. The quantitative estimate of drug-likeness (QED) is 0.637. The van der Waals surface area contributed by atoms with Crippen molar-refractivity contribution < 1.29 is 0 Å². The van der Waals surface area contributed by atoms with Crippen molar-refractivity contribution in [3.05, 3.63) is 36.1 Å². The molecule has 0 saturated carbocycles. The average molecular weight is 165 g/mol. The van der Waals surface area contributed by atoms with Gasteiger partial charge in [-0.1, -0.05) is 38.2 Å². The van der Waals surface area contributed by atoms with Crippen molar-refractivity contribution in [2.75, 3.05) is 0 Å². The summed E-state index contributed by atoms with van der Waals surface area (Å²) in [5.41, 5.74) is 7.45. The highest BCUT2D eigenvalue weighted by atomic mass is 14.5. The topological polar surface area (TPSA) is 26.0 Å². The molecule has 1 unspecified atom stereocenters. The first-order valence-electron chi connectivity index (χ1n) is 4.37. The lowest BCUT2D eigenvalue weighted by Gasteiger charge is -2.06. The van der Waals surface area contributed by atoms with Gasteiger partial charge in [-0.15, -0.1) is 0 Å². The van der Waals surface area contributed by atoms with Crippen LogP contribution in [-0.2, 0) is 0 Å². The van der Waals surface area contributed by atoms with E-state index < -0.39 is 0 Å². The molecule has 0 spiro atoms. The number of hydrogen-bond donors (Lipinski definition) is 1. The Balaban J connectivity index is 4.00. The molecule has 1 heteroatoms. The van der Waals surface area contributed by atoms with Crippen LogP contribution in [0.3, 0.4) is 0 Å². The molecule has 0 aliphatic rings. The molecular formula is C11H19N. The monoisotopic (exact) mass is 165 g/mol. The summed E-state index contributed by atoms with van der Waals surface area (Å²) in [5, 5.41) is 0. The maximum absolute atomic E-state index is 5.47. The van der Waals surface area contributed by atoms with Gasteiger partial charge in [0.25, 0.3) is 0 Å². The molecule has 0 heterocycles. The lowest BCUT2D eigenvalue weighted by Crippen LogP contribution is -1.92. The molecule has 1 nitrogen and oxygen atoms in total. The van der Waals surface area contributed by atoms with Crippen molar-refractivity contribution in [2.45, 2.75) is 27.2 Å². The Bertz CT molecular complexity index is 195. The van der Waals surface area contributed by atoms with Gasteiger partial charge in [0.15, 0.2) is 0 Å². The van der Waals surface area contributed by atoms with Crippen LogP contribution >= 0.6 is 0 Å². The third-order valence-electron chi connectivity index (χ3n) is 1.91. The Morgan fingerprint density at radius 3 is 2.58 bits per heavy atom. The fourth-order valence-electron chi connectivity index (χ4n) is 0.750. The molecule has 0 radical (unpaired) electrons. The summed E-state index contributed by atoms with van der Waals surface area (Å²) < 4.78 is 0. The second-order valence-electron chi connectivity index (χ2n) is 3.15. The van der Waals surface area contributed by atoms with Gasteiger partial charge in [-0.25, -0.2) is 0 Å². The Morgan fingerprint density at radius 1 is 1.58 bits per heavy atom. The predicted octanol–water partition coefficient (Wildman–Crippen LogP) is 3.01. The van der Waals surface area contributed by atoms with E-state index in [4.69, 9.17) is 5.73 Å². The van der Waals surface area contributed by atoms with Gasteiger partial charge in [-0.05, 0) is 25.3 Å². The molecule has 0 saturated heterocycles. The van der Waals surface area contributed by atoms with Crippen LogP contribution < -0.4 is 5.73 Å². The third-order valence-corrected chi connectivity index (χ3v) is 1.91. The second-order valence-corrected chi connectivity index (χ2v) is 3.15. The molecule has 0 aliphatic heterocycles. The number of rotatable bonds is 4. The minimum atomic E-state index is 0.563. The Hall–Kier alpha value is -0.980. The van der Waals surface area contributed by atoms with Crippen LogP contribution in [0.2, 0.25) is 0 Å². The van der Waals surface area contributed by atoms with Crippen molar-refractivity contribution in [3.8, 4) is 0 Å². The third kappa shape index (κ3) is 4.78. The zero-order chi connectivity index (χ0) is 9.56. The van der Waals surface area contributed by atoms with Crippen molar-refractivity contribution in [3.63, 3.8) is 0 Å². The zero-order valence-corrected chi connectivity index (χ0v) is 8.30. The highest BCUT2D eigenvalue weighted by Gasteiger charge is 1.98. The van der Waals surface area contributed by atoms with E-state index in [2.05, 4.69) is 20.4 Å². The first-order valence-corrected chi connectivity index (χ1v) is 4.37. The van der Waals surface area contributed by atoms with Gasteiger partial charge in [-0.3, -0.25) is 0 Å². The molecule has 0 fully saturated rings. The molecule has 68 valence electrons. The second kappa shape index (κ2) is 5.64. The highest BCUT2D eigenvalue weighted by molar-refractivity contribution is 5.22. The summed E-state index contributed by atoms with van der Waals surface area (Å²) >= 11 is 0. The van der Waals surface area contributed by atoms with Gasteiger partial charge in [0, 0.05) is 5.70 Å². The molecule has 0 rings (SSSR count). The van der Waals surface area contributed by atoms with Crippen LogP contribution in [0.15, 0.2) is 36.1 Å². The summed E-state index contributed by atoms with van der Waals surface area (Å²) in [6.45, 7) is 10.2. The molecule has 0 aromatic heterocycles. The largest absolute Gasteiger partial charge is 0.402 e. The van der Waals surface area contributed by atoms with Gasteiger partial charge < -0.3 is 5.73 Å². The molecule has 2 N–H and O–H groups in total. The van der Waals surface area contributed by atoms with Crippen molar-refractivity contribution in [1.82, 2.24) is 0 Å². The fraction of sp³-hybridized carbons (Fsp3) is 0.455. The first kappa shape index (κ1) is 11.0. The highest BCUT2D eigenvalue weighted by Crippen LogP contribution is 2.12. The number of nitrogens with two attached hydrogens (primary N) is 1. The fourth-order valence-corrected chi connectivity index (χ4v) is 0.750. The van der Waals surface area contributed by atoms with E-state index in [-0.39, 0.29) is 0 Å². The molecular weight excluding hydrogens is 146 g/mol. The van der Waals surface area contributed by atoms with Crippen LogP contribution in [0.5, 0.6) is 0 Å². The van der Waals surface area contributed by atoms with Gasteiger partial charge in [-0.2, -0.15) is 0 Å². The maximum Gasteiger partial charge on any atom is 0.00488 e. The average Bonchev–Trinajstić information content (AvgIpc) is 2.02. The van der Waals surface area contributed by atoms with Crippen molar-refractivity contribution in [2.24, 2.45) is 11.7 Å². The number of allylic oxidation sites excluding steroid dienone is 5. The minimum absolute atomic E-state index is 0.563. The predicted molar refractivity (Wildman–Crippen MR) is 55.7 cm³/mol. The van der Waals surface area contributed by atoms with E-state index in [1.807, 2.05) is 25.2 Å². The van der Waals surface area contributed by atoms with Gasteiger partial charge in [0.2, 0.25) is 0 Å². The Kier molecular flexibility index (Phi) is 5.18. The smallest absolute Gasteiger partial charge is 0.00488 e. The lowest BCUT2D eigenvalue weighted by atomic mass is 10.00. The van der Waals surface area contributed by atoms with Crippen molar-refractivity contribution >= 4 is 0 Å². The standard InChI is InChI=1S/C11H19N/c1-5-9(2)10(3)7-6-8-11(4)12/h6-9H,3,5,12H2,1-2,4H3/b7-6-,11-8+. The van der Waals surface area contributed by atoms with E-state index in [1.165, 1.54) is 0 Å². The molecule has 0 aliphatic carbocycles. The summed E-state index contributed by atoms with van der Waals surface area (Å²) in [4.78, 5) is 0. The number of hydrogen-bond acceptors (Lipinski definition) is 1. The summed E-state index contributed by atoms with van der Waals surface area (Å²) in [5.74, 6) is 0.563. The maximum atomic E-state index is 5.47. The van der Waals surface area contributed by atoms with Crippen LogP contribution in [-0.4, -0.2) is 0 Å². The van der Waals surface area contributed by atoms with E-state index >= 15 is 0 Å².